The van der Waals surface area contributed by atoms with E-state index < -0.39 is 41.4 Å². The van der Waals surface area contributed by atoms with Crippen LogP contribution in [0, 0.1) is 11.7 Å². The lowest BCUT2D eigenvalue weighted by Gasteiger charge is -2.30. The lowest BCUT2D eigenvalue weighted by atomic mass is 10.0. The highest BCUT2D eigenvalue weighted by Gasteiger charge is 2.61. The van der Waals surface area contributed by atoms with E-state index in [0.717, 1.165) is 36.5 Å². The zero-order valence-electron chi connectivity index (χ0n) is 27.6. The lowest BCUT2D eigenvalue weighted by Crippen LogP contribution is -2.57. The van der Waals surface area contributed by atoms with E-state index in [1.54, 1.807) is 47.5 Å². The van der Waals surface area contributed by atoms with Gasteiger partial charge in [-0.1, -0.05) is 67.5 Å². The Labute approximate surface area is 290 Å². The van der Waals surface area contributed by atoms with Gasteiger partial charge in [0.2, 0.25) is 17.7 Å². The van der Waals surface area contributed by atoms with Crippen molar-refractivity contribution in [2.24, 2.45) is 5.92 Å². The van der Waals surface area contributed by atoms with Crippen molar-refractivity contribution in [2.45, 2.75) is 68.7 Å². The molecule has 3 aromatic carbocycles. The number of nitrogens with one attached hydrogen (secondary N) is 3. The molecular weight excluding hydrogens is 637 g/mol. The van der Waals surface area contributed by atoms with Crippen LogP contribution in [0.3, 0.4) is 0 Å². The molecule has 258 valence electrons. The number of anilines is 1. The van der Waals surface area contributed by atoms with Gasteiger partial charge in [-0.15, -0.1) is 0 Å². The van der Waals surface area contributed by atoms with Crippen molar-refractivity contribution in [2.75, 3.05) is 11.9 Å². The number of benzene rings is 3. The van der Waals surface area contributed by atoms with Crippen LogP contribution in [0.2, 0.25) is 0 Å². The Balaban J connectivity index is 1.18. The van der Waals surface area contributed by atoms with Gasteiger partial charge in [0.05, 0.1) is 6.54 Å². The van der Waals surface area contributed by atoms with E-state index >= 15 is 0 Å². The number of hydrogen-bond donors (Lipinski definition) is 3. The molecule has 3 aliphatic rings. The van der Waals surface area contributed by atoms with Crippen molar-refractivity contribution < 1.29 is 28.3 Å². The Kier molecular flexibility index (Phi) is 9.64. The molecular formula is C39H40FN5O5. The molecule has 1 aliphatic carbocycles. The number of allylic oxidation sites excluding steroid dienone is 1. The fourth-order valence-electron chi connectivity index (χ4n) is 6.97. The summed E-state index contributed by atoms with van der Waals surface area (Å²) in [5.41, 5.74) is 1.78. The molecule has 50 heavy (non-hydrogen) atoms. The molecule has 10 nitrogen and oxygen atoms in total. The molecule has 0 unspecified atom stereocenters. The molecule has 11 heteroatoms. The Bertz CT molecular complexity index is 1880. The first-order valence-corrected chi connectivity index (χ1v) is 17.2. The smallest absolute Gasteiger partial charge is 0.278 e. The number of carbonyl (C=O) groups excluding carboxylic acids is 3. The second-order valence-electron chi connectivity index (χ2n) is 13.2. The van der Waals surface area contributed by atoms with Crippen LogP contribution in [0.5, 0.6) is 11.6 Å². The average molecular weight is 678 g/mol. The fourth-order valence-corrected chi connectivity index (χ4v) is 6.97. The number of hydroxylamine groups is 1. The molecule has 1 saturated heterocycles. The summed E-state index contributed by atoms with van der Waals surface area (Å²) in [5, 5.41) is 8.06. The number of aromatic nitrogens is 1. The minimum absolute atomic E-state index is 0.128. The molecule has 1 saturated carbocycles. The number of halogens is 1. The quantitative estimate of drug-likeness (QED) is 0.169. The van der Waals surface area contributed by atoms with Gasteiger partial charge in [-0.05, 0) is 73.5 Å². The third-order valence-electron chi connectivity index (χ3n) is 9.73. The van der Waals surface area contributed by atoms with Crippen LogP contribution in [0.25, 0.3) is 10.8 Å². The van der Waals surface area contributed by atoms with Gasteiger partial charge in [0.25, 0.3) is 5.91 Å². The fraction of sp³-hybridized carbons (Fsp3) is 0.333. The van der Waals surface area contributed by atoms with Crippen molar-refractivity contribution in [1.82, 2.24) is 20.7 Å². The predicted molar refractivity (Wildman–Crippen MR) is 187 cm³/mol. The third kappa shape index (κ3) is 7.27. The van der Waals surface area contributed by atoms with Gasteiger partial charge in [0.15, 0.2) is 5.75 Å². The Morgan fingerprint density at radius 3 is 2.68 bits per heavy atom. The largest absolute Gasteiger partial charge is 0.472 e. The van der Waals surface area contributed by atoms with Crippen LogP contribution in [0.15, 0.2) is 103 Å². The topological polar surface area (TPSA) is 122 Å². The average Bonchev–Trinajstić information content (AvgIpc) is 3.66. The number of ether oxygens (including phenoxy) is 1. The third-order valence-corrected chi connectivity index (χ3v) is 9.73. The van der Waals surface area contributed by atoms with Gasteiger partial charge in [-0.2, -0.15) is 5.48 Å². The maximum absolute atomic E-state index is 14.5. The molecule has 3 heterocycles. The van der Waals surface area contributed by atoms with Crippen molar-refractivity contribution in [1.29, 1.82) is 0 Å². The van der Waals surface area contributed by atoms with E-state index in [-0.39, 0.29) is 24.8 Å². The molecule has 5 atom stereocenters. The minimum Gasteiger partial charge on any atom is -0.472 e. The highest BCUT2D eigenvalue weighted by Crippen LogP contribution is 2.45. The van der Waals surface area contributed by atoms with E-state index in [2.05, 4.69) is 27.2 Å². The van der Waals surface area contributed by atoms with Crippen molar-refractivity contribution in [3.63, 3.8) is 0 Å². The van der Waals surface area contributed by atoms with Crippen molar-refractivity contribution >= 4 is 34.2 Å². The molecule has 1 aromatic heterocycles. The molecule has 0 spiro atoms. The number of hydrogen-bond acceptors (Lipinski definition) is 7. The zero-order valence-corrected chi connectivity index (χ0v) is 27.6. The summed E-state index contributed by atoms with van der Waals surface area (Å²) in [7, 11) is 0. The first-order chi connectivity index (χ1) is 24.4. The van der Waals surface area contributed by atoms with Crippen molar-refractivity contribution in [3.8, 4) is 11.6 Å². The second-order valence-corrected chi connectivity index (χ2v) is 13.2. The Morgan fingerprint density at radius 1 is 0.980 bits per heavy atom. The number of rotatable bonds is 7. The van der Waals surface area contributed by atoms with E-state index in [0.29, 0.717) is 30.2 Å². The van der Waals surface area contributed by atoms with Gasteiger partial charge in [-0.25, -0.2) is 9.37 Å². The van der Waals surface area contributed by atoms with Crippen molar-refractivity contribution in [3.05, 3.63) is 109 Å². The summed E-state index contributed by atoms with van der Waals surface area (Å²) in [5.74, 6) is -1.00. The maximum atomic E-state index is 14.5. The number of amides is 3. The van der Waals surface area contributed by atoms with Crippen LogP contribution in [0.4, 0.5) is 10.1 Å². The SMILES string of the molecule is O=C1N[C@]2(C(=O)NOc3ccccc3)C[C@@H]2/C=C\CCCCC[C@H](Nc2cccc(F)c2)C(=O)N2C[C@H](Oc3nccc4ccccc34)C[C@@H]12. The number of para-hydroxylation sites is 1. The number of nitrogens with zero attached hydrogens (tertiary/aromatic N) is 2. The number of fused-ring (bicyclic) bond motifs is 3. The Hall–Kier alpha value is -5.45. The van der Waals surface area contributed by atoms with E-state index in [9.17, 15) is 18.8 Å². The van der Waals surface area contributed by atoms with Crippen LogP contribution < -0.4 is 25.7 Å². The summed E-state index contributed by atoms with van der Waals surface area (Å²) < 4.78 is 20.6. The first-order valence-electron chi connectivity index (χ1n) is 17.2. The predicted octanol–water partition coefficient (Wildman–Crippen LogP) is 5.71. The minimum atomic E-state index is -1.24. The molecule has 3 N–H and O–H groups in total. The standard InChI is InChI=1S/C39H40FN5O5/c40-28-14-11-15-29(22-28)42-33-19-8-3-1-2-5-13-27-24-39(27,38(48)44-50-30-16-6-4-7-17-30)43-35(46)34-23-31(25-45(34)37(33)47)49-36-32-18-10-9-12-26(32)20-21-41-36/h4-7,9-18,20-22,27,31,33-34,42H,1-3,8,19,23-25H2,(H,43,46)(H,44,48)/b13-5-/t27-,31+,33-,34-,39+/m0/s1. The van der Waals surface area contributed by atoms with E-state index in [4.69, 9.17) is 9.57 Å². The molecule has 7 rings (SSSR count). The summed E-state index contributed by atoms with van der Waals surface area (Å²) in [6.07, 6.45) is 9.56. The van der Waals surface area contributed by atoms with E-state index in [1.165, 1.54) is 12.1 Å². The lowest BCUT2D eigenvalue weighted by molar-refractivity contribution is -0.141. The number of carbonyl (C=O) groups is 3. The molecule has 0 bridgehead atoms. The monoisotopic (exact) mass is 677 g/mol. The molecule has 0 radical (unpaired) electrons. The van der Waals surface area contributed by atoms with Gasteiger partial charge in [-0.3, -0.25) is 14.4 Å². The number of pyridine rings is 1. The maximum Gasteiger partial charge on any atom is 0.278 e. The summed E-state index contributed by atoms with van der Waals surface area (Å²) in [6.45, 7) is 0.128. The molecule has 3 amide bonds. The summed E-state index contributed by atoms with van der Waals surface area (Å²) >= 11 is 0. The van der Waals surface area contributed by atoms with Crippen LogP contribution in [0.1, 0.15) is 44.9 Å². The second kappa shape index (κ2) is 14.6. The van der Waals surface area contributed by atoms with Crippen LogP contribution >= 0.6 is 0 Å². The molecule has 2 aliphatic heterocycles. The van der Waals surface area contributed by atoms with E-state index in [1.807, 2.05) is 42.5 Å². The normalized spacial score (nSPS) is 26.0. The van der Waals surface area contributed by atoms with Gasteiger partial charge < -0.3 is 25.1 Å². The van der Waals surface area contributed by atoms with Gasteiger partial charge in [0, 0.05) is 29.6 Å². The van der Waals surface area contributed by atoms with Crippen LogP contribution in [-0.2, 0) is 14.4 Å². The summed E-state index contributed by atoms with van der Waals surface area (Å²) in [6, 6.07) is 22.9. The zero-order chi connectivity index (χ0) is 34.5. The highest BCUT2D eigenvalue weighted by atomic mass is 19.1. The molecule has 4 aromatic rings. The molecule has 2 fully saturated rings. The van der Waals surface area contributed by atoms with Gasteiger partial charge >= 0.3 is 0 Å². The van der Waals surface area contributed by atoms with Gasteiger partial charge in [0.1, 0.15) is 29.5 Å². The summed E-state index contributed by atoms with van der Waals surface area (Å²) in [4.78, 5) is 54.1. The van der Waals surface area contributed by atoms with Crippen LogP contribution in [-0.4, -0.2) is 57.9 Å². The first kappa shape index (κ1) is 33.1. The Morgan fingerprint density at radius 2 is 1.82 bits per heavy atom. The highest BCUT2D eigenvalue weighted by molar-refractivity contribution is 5.98.